The Kier molecular flexibility index (Phi) is 20.3. The largest absolute Gasteiger partial charge is 0.463 e. The van der Waals surface area contributed by atoms with Crippen LogP contribution in [0.2, 0.25) is 0 Å². The van der Waals surface area contributed by atoms with Crippen molar-refractivity contribution in [1.82, 2.24) is 0 Å². The zero-order chi connectivity index (χ0) is 50.5. The summed E-state index contributed by atoms with van der Waals surface area (Å²) in [5.74, 6) is -13.3. The molecule has 67 heavy (non-hydrogen) atoms. The third-order valence-corrected chi connectivity index (χ3v) is 9.16. The molecule has 0 aliphatic carbocycles. The third-order valence-electron chi connectivity index (χ3n) is 9.16. The van der Waals surface area contributed by atoms with Crippen molar-refractivity contribution in [2.24, 2.45) is 0 Å². The van der Waals surface area contributed by atoms with Crippen LogP contribution in [0.4, 0.5) is 0 Å². The number of hydrogen-bond acceptors (Lipinski definition) is 27. The van der Waals surface area contributed by atoms with Gasteiger partial charge in [-0.25, -0.2) is 0 Å². The first-order valence-electron chi connectivity index (χ1n) is 20.3. The second-order valence-electron chi connectivity index (χ2n) is 14.9. The average Bonchev–Trinajstić information content (AvgIpc) is 3.44. The molecule has 3 aliphatic heterocycles. The van der Waals surface area contributed by atoms with Gasteiger partial charge in [0.2, 0.25) is 12.1 Å². The van der Waals surface area contributed by atoms with Gasteiger partial charge in [0, 0.05) is 76.2 Å². The number of hydrogen-bond donors (Lipinski definition) is 0. The normalized spacial score (nSPS) is 31.1. The number of carbonyl (C=O) groups excluding carboxylic acids is 11. The molecule has 0 spiro atoms. The second-order valence-corrected chi connectivity index (χ2v) is 14.9. The van der Waals surface area contributed by atoms with Crippen molar-refractivity contribution in [2.75, 3.05) is 26.4 Å². The van der Waals surface area contributed by atoms with Crippen LogP contribution in [0, 0.1) is 0 Å². The first-order valence-corrected chi connectivity index (χ1v) is 20.3. The number of rotatable bonds is 19. The molecule has 27 heteroatoms. The Morgan fingerprint density at radius 3 is 1.12 bits per heavy atom. The van der Waals surface area contributed by atoms with E-state index in [-0.39, 0.29) is 0 Å². The number of esters is 11. The van der Waals surface area contributed by atoms with Gasteiger partial charge < -0.3 is 75.8 Å². The van der Waals surface area contributed by atoms with Gasteiger partial charge in [0.1, 0.15) is 38.1 Å². The fourth-order valence-electron chi connectivity index (χ4n) is 7.07. The van der Waals surface area contributed by atoms with Crippen LogP contribution >= 0.6 is 0 Å². The molecule has 0 N–H and O–H groups in total. The Balaban J connectivity index is 2.28. The minimum absolute atomic E-state index is 0.650. The highest BCUT2D eigenvalue weighted by Crippen LogP contribution is 2.42. The Morgan fingerprint density at radius 1 is 0.358 bits per heavy atom. The van der Waals surface area contributed by atoms with E-state index < -0.39 is 178 Å². The molecule has 3 rings (SSSR count). The van der Waals surface area contributed by atoms with E-state index in [1.165, 1.54) is 0 Å². The summed E-state index contributed by atoms with van der Waals surface area (Å²) >= 11 is 0. The van der Waals surface area contributed by atoms with Crippen molar-refractivity contribution >= 4 is 65.7 Å². The molecule has 3 heterocycles. The van der Waals surface area contributed by atoms with Gasteiger partial charge in [-0.2, -0.15) is 0 Å². The molecule has 0 saturated carbocycles. The summed E-state index contributed by atoms with van der Waals surface area (Å²) in [5, 5.41) is 0. The van der Waals surface area contributed by atoms with E-state index in [2.05, 4.69) is 0 Å². The molecule has 4 unspecified atom stereocenters. The summed E-state index contributed by atoms with van der Waals surface area (Å²) in [5.41, 5.74) is 0. The number of carbonyl (C=O) groups is 11. The van der Waals surface area contributed by atoms with Gasteiger partial charge in [-0.1, -0.05) is 0 Å². The monoisotopic (exact) mass is 966 g/mol. The topological polar surface area (TPSA) is 335 Å². The summed E-state index contributed by atoms with van der Waals surface area (Å²) in [7, 11) is 0. The van der Waals surface area contributed by atoms with E-state index >= 15 is 0 Å². The van der Waals surface area contributed by atoms with E-state index in [4.69, 9.17) is 75.8 Å². The fourth-order valence-corrected chi connectivity index (χ4v) is 7.07. The molecule has 27 nitrogen and oxygen atoms in total. The van der Waals surface area contributed by atoms with Crippen molar-refractivity contribution in [3.63, 3.8) is 0 Å². The first-order chi connectivity index (χ1) is 31.2. The van der Waals surface area contributed by atoms with Crippen molar-refractivity contribution in [3.8, 4) is 0 Å². The summed E-state index contributed by atoms with van der Waals surface area (Å²) in [6.45, 7) is 7.51. The summed E-state index contributed by atoms with van der Waals surface area (Å²) in [6.07, 6.45) is -23.3. The minimum atomic E-state index is -2.66. The van der Waals surface area contributed by atoms with Crippen molar-refractivity contribution in [3.05, 3.63) is 0 Å². The summed E-state index contributed by atoms with van der Waals surface area (Å²) < 4.78 is 90.3. The first kappa shape index (κ1) is 55.3. The van der Waals surface area contributed by atoms with E-state index in [0.717, 1.165) is 76.2 Å². The van der Waals surface area contributed by atoms with E-state index in [0.29, 0.717) is 0 Å². The van der Waals surface area contributed by atoms with Crippen LogP contribution in [0.5, 0.6) is 0 Å². The van der Waals surface area contributed by atoms with Crippen molar-refractivity contribution < 1.29 is 129 Å². The van der Waals surface area contributed by atoms with Crippen LogP contribution in [0.15, 0.2) is 0 Å². The van der Waals surface area contributed by atoms with Gasteiger partial charge in [0.05, 0.1) is 6.61 Å². The summed E-state index contributed by atoms with van der Waals surface area (Å²) in [4.78, 5) is 137. The molecule has 14 atom stereocenters. The standard InChI is InChI=1S/C40H54O27/c1-16(41)52-12-27-30(56-19(4)44)33(59-22(7)47)35(61-24(9)49)38(64-27)54-13-28-31(57-20(5)45)34(60-23(8)48)36(62-25(10)50)39(65-28)67-40(15-55-18(3)43)37(63-26(11)51)32(58-21(6)46)29(66-40)14-53-17(2)42/h27-39H,12-15H2,1-11H3/t27?,28?,29-,30+,31-,32-,33+,34+,35?,36?,37-,38+,39-,40+/m1/s1. The van der Waals surface area contributed by atoms with Crippen LogP contribution in [-0.2, 0) is 129 Å². The van der Waals surface area contributed by atoms with Crippen molar-refractivity contribution in [2.45, 2.75) is 162 Å². The molecule has 376 valence electrons. The molecule has 0 aromatic carbocycles. The molecule has 0 bridgehead atoms. The van der Waals surface area contributed by atoms with E-state index in [9.17, 15) is 52.7 Å². The molecular formula is C40H54O27. The Labute approximate surface area is 382 Å². The fraction of sp³-hybridized carbons (Fsp3) is 0.725. The minimum Gasteiger partial charge on any atom is -0.463 e. The highest BCUT2D eigenvalue weighted by molar-refractivity contribution is 5.71. The maximum atomic E-state index is 12.8. The van der Waals surface area contributed by atoms with Crippen LogP contribution < -0.4 is 0 Å². The average molecular weight is 967 g/mol. The van der Waals surface area contributed by atoms with E-state index in [1.807, 2.05) is 0 Å². The lowest BCUT2D eigenvalue weighted by atomic mass is 9.97. The Morgan fingerprint density at radius 2 is 0.701 bits per heavy atom. The Bertz CT molecular complexity index is 1860. The summed E-state index contributed by atoms with van der Waals surface area (Å²) in [6, 6.07) is 0. The molecule has 3 saturated heterocycles. The zero-order valence-corrected chi connectivity index (χ0v) is 38.4. The lowest BCUT2D eigenvalue weighted by Crippen LogP contribution is -2.66. The van der Waals surface area contributed by atoms with Gasteiger partial charge in [0.25, 0.3) is 0 Å². The highest BCUT2D eigenvalue weighted by Gasteiger charge is 2.65. The van der Waals surface area contributed by atoms with Crippen LogP contribution in [-0.4, -0.2) is 178 Å². The predicted molar refractivity (Wildman–Crippen MR) is 206 cm³/mol. The smallest absolute Gasteiger partial charge is 0.303 e. The molecular weight excluding hydrogens is 912 g/mol. The third kappa shape index (κ3) is 16.4. The van der Waals surface area contributed by atoms with Crippen molar-refractivity contribution in [1.29, 1.82) is 0 Å². The van der Waals surface area contributed by atoms with Gasteiger partial charge in [-0.15, -0.1) is 0 Å². The second kappa shape index (κ2) is 24.7. The van der Waals surface area contributed by atoms with Crippen LogP contribution in [0.25, 0.3) is 0 Å². The predicted octanol–water partition coefficient (Wildman–Crippen LogP) is -1.29. The van der Waals surface area contributed by atoms with Crippen LogP contribution in [0.3, 0.4) is 0 Å². The van der Waals surface area contributed by atoms with Gasteiger partial charge in [-0.05, 0) is 0 Å². The highest BCUT2D eigenvalue weighted by atomic mass is 16.8. The van der Waals surface area contributed by atoms with Gasteiger partial charge in [0.15, 0.2) is 55.1 Å². The maximum absolute atomic E-state index is 12.8. The Hall–Kier alpha value is -6.03. The lowest BCUT2D eigenvalue weighted by Gasteiger charge is -2.47. The molecule has 0 radical (unpaired) electrons. The van der Waals surface area contributed by atoms with Crippen LogP contribution in [0.1, 0.15) is 76.2 Å². The van der Waals surface area contributed by atoms with E-state index in [1.54, 1.807) is 0 Å². The zero-order valence-electron chi connectivity index (χ0n) is 38.4. The van der Waals surface area contributed by atoms with Gasteiger partial charge >= 0.3 is 65.7 Å². The molecule has 3 aliphatic rings. The van der Waals surface area contributed by atoms with Gasteiger partial charge in [-0.3, -0.25) is 52.7 Å². The molecule has 0 aromatic rings. The lowest BCUT2D eigenvalue weighted by molar-refractivity contribution is -0.388. The quantitative estimate of drug-likeness (QED) is 0.107. The molecule has 0 aromatic heterocycles. The molecule has 0 amide bonds. The number of ether oxygens (including phenoxy) is 16. The SMILES string of the molecule is CC(=O)OCC1O[C@H](OCC2O[C@H](O[C@]3(COC(C)=O)O[C@H](COC(C)=O)[C@@H](OC(C)=O)[C@H]3OC(C)=O)C(OC(C)=O)[C@@H](OC(C)=O)[C@@H]2OC(C)=O)C(OC(C)=O)[C@@H](OC(C)=O)[C@H]1OC(C)=O. The molecule has 3 fully saturated rings. The maximum Gasteiger partial charge on any atom is 0.303 e.